The fraction of sp³-hybridized carbons (Fsp3) is 0.125. The molecule has 2 heterocycles. The number of aromatic amines is 1. The van der Waals surface area contributed by atoms with Crippen LogP contribution in [0.4, 0.5) is 10.5 Å². The molecule has 128 valence electrons. The number of anilines is 1. The van der Waals surface area contributed by atoms with E-state index in [1.54, 1.807) is 6.92 Å². The van der Waals surface area contributed by atoms with E-state index < -0.39 is 17.2 Å². The van der Waals surface area contributed by atoms with Crippen molar-refractivity contribution in [3.8, 4) is 17.1 Å². The van der Waals surface area contributed by atoms with Crippen molar-refractivity contribution in [3.63, 3.8) is 0 Å². The predicted molar refractivity (Wildman–Crippen MR) is 88.6 cm³/mol. The van der Waals surface area contributed by atoms with Crippen LogP contribution in [-0.2, 0) is 4.74 Å². The number of phenols is 1. The molecule has 1 amide bonds. The Bertz CT molecular complexity index is 1070. The van der Waals surface area contributed by atoms with Gasteiger partial charge in [0.25, 0.3) is 0 Å². The number of aromatic hydroxyl groups is 1. The van der Waals surface area contributed by atoms with Gasteiger partial charge >= 0.3 is 11.8 Å². The van der Waals surface area contributed by atoms with Crippen LogP contribution in [0.2, 0.25) is 0 Å². The van der Waals surface area contributed by atoms with Crippen molar-refractivity contribution in [3.05, 3.63) is 51.2 Å². The number of hydrogen-bond donors (Lipinski definition) is 3. The zero-order valence-corrected chi connectivity index (χ0v) is 13.0. The minimum Gasteiger partial charge on any atom is -0.508 e. The van der Waals surface area contributed by atoms with Crippen LogP contribution >= 0.6 is 0 Å². The summed E-state index contributed by atoms with van der Waals surface area (Å²) in [4.78, 5) is 40.9. The van der Waals surface area contributed by atoms with Crippen LogP contribution in [0.15, 0.2) is 44.5 Å². The number of aromatic nitrogens is 2. The Labute approximate surface area is 139 Å². The summed E-state index contributed by atoms with van der Waals surface area (Å²) in [5, 5.41) is 12.1. The smallest absolute Gasteiger partial charge is 0.411 e. The lowest BCUT2D eigenvalue weighted by atomic mass is 10.1. The summed E-state index contributed by atoms with van der Waals surface area (Å²) in [5.41, 5.74) is -0.540. The van der Waals surface area contributed by atoms with Crippen molar-refractivity contribution >= 4 is 22.9 Å². The van der Waals surface area contributed by atoms with E-state index in [0.29, 0.717) is 5.56 Å². The summed E-state index contributed by atoms with van der Waals surface area (Å²) in [6, 6.07) is 5.31. The molecule has 25 heavy (non-hydrogen) atoms. The monoisotopic (exact) mass is 343 g/mol. The van der Waals surface area contributed by atoms with Gasteiger partial charge in [-0.1, -0.05) is 0 Å². The second-order valence-electron chi connectivity index (χ2n) is 4.98. The molecule has 0 spiro atoms. The lowest BCUT2D eigenvalue weighted by Crippen LogP contribution is -2.15. The quantitative estimate of drug-likeness (QED) is 0.660. The lowest BCUT2D eigenvalue weighted by molar-refractivity contribution is 0.168. The molecule has 0 fully saturated rings. The number of fused-ring (bicyclic) bond motifs is 1. The number of rotatable bonds is 3. The summed E-state index contributed by atoms with van der Waals surface area (Å²) in [5.74, 6) is 0.0304. The van der Waals surface area contributed by atoms with Crippen LogP contribution in [0.3, 0.4) is 0 Å². The molecule has 3 rings (SSSR count). The van der Waals surface area contributed by atoms with Crippen LogP contribution < -0.4 is 16.4 Å². The van der Waals surface area contributed by atoms with Gasteiger partial charge in [-0.3, -0.25) is 15.1 Å². The van der Waals surface area contributed by atoms with Crippen LogP contribution in [0, 0.1) is 0 Å². The molecule has 0 bridgehead atoms. The maximum atomic E-state index is 12.2. The SMILES string of the molecule is CCOC(=O)Nc1cc(O)ccc1-c1cc(=O)c2[nH]c(=O)ncc2o1. The molecule has 3 N–H and O–H groups in total. The minimum atomic E-state index is -0.719. The zero-order valence-electron chi connectivity index (χ0n) is 13.0. The van der Waals surface area contributed by atoms with E-state index in [4.69, 9.17) is 9.15 Å². The first kappa shape index (κ1) is 16.2. The molecule has 9 nitrogen and oxygen atoms in total. The van der Waals surface area contributed by atoms with Gasteiger partial charge in [0.1, 0.15) is 17.0 Å². The first-order chi connectivity index (χ1) is 12.0. The number of nitrogens with one attached hydrogen (secondary N) is 2. The minimum absolute atomic E-state index is 0.0116. The number of nitrogens with zero attached hydrogens (tertiary/aromatic N) is 1. The normalized spacial score (nSPS) is 10.6. The van der Waals surface area contributed by atoms with Crippen molar-refractivity contribution in [1.29, 1.82) is 0 Å². The summed E-state index contributed by atoms with van der Waals surface area (Å²) in [6.45, 7) is 1.82. The van der Waals surface area contributed by atoms with Crippen LogP contribution in [-0.4, -0.2) is 27.8 Å². The lowest BCUT2D eigenvalue weighted by Gasteiger charge is -2.11. The molecule has 0 saturated carbocycles. The molecule has 0 aliphatic heterocycles. The maximum absolute atomic E-state index is 12.2. The predicted octanol–water partition coefficient (Wildman–Crippen LogP) is 1.82. The Hall–Kier alpha value is -3.62. The molecule has 0 radical (unpaired) electrons. The largest absolute Gasteiger partial charge is 0.508 e. The van der Waals surface area contributed by atoms with E-state index in [1.807, 2.05) is 0 Å². The van der Waals surface area contributed by atoms with E-state index in [9.17, 15) is 19.5 Å². The van der Waals surface area contributed by atoms with E-state index in [0.717, 1.165) is 6.20 Å². The second-order valence-corrected chi connectivity index (χ2v) is 4.98. The Morgan fingerprint density at radius 3 is 2.92 bits per heavy atom. The van der Waals surface area contributed by atoms with Crippen LogP contribution in [0.1, 0.15) is 6.92 Å². The summed E-state index contributed by atoms with van der Waals surface area (Å²) in [7, 11) is 0. The number of amides is 1. The average molecular weight is 343 g/mol. The molecular formula is C16H13N3O6. The van der Waals surface area contributed by atoms with Gasteiger partial charge in [0.05, 0.1) is 18.5 Å². The van der Waals surface area contributed by atoms with Gasteiger partial charge < -0.3 is 14.3 Å². The number of hydrogen-bond acceptors (Lipinski definition) is 7. The highest BCUT2D eigenvalue weighted by Crippen LogP contribution is 2.31. The Morgan fingerprint density at radius 2 is 2.16 bits per heavy atom. The van der Waals surface area contributed by atoms with Gasteiger partial charge in [-0.15, -0.1) is 0 Å². The highest BCUT2D eigenvalue weighted by Gasteiger charge is 2.14. The maximum Gasteiger partial charge on any atom is 0.411 e. The summed E-state index contributed by atoms with van der Waals surface area (Å²) >= 11 is 0. The molecule has 0 saturated heterocycles. The van der Waals surface area contributed by atoms with E-state index in [-0.39, 0.29) is 34.9 Å². The standard InChI is InChI=1S/C16H13N3O6/c1-2-24-16(23)18-10-5-8(20)3-4-9(10)12-6-11(21)14-13(25-12)7-17-15(22)19-14/h3-7,20H,2H2,1H3,(H,18,23)(H,17,19,22). The number of ether oxygens (including phenoxy) is 1. The first-order valence-corrected chi connectivity index (χ1v) is 7.28. The van der Waals surface area contributed by atoms with Crippen molar-refractivity contribution in [1.82, 2.24) is 9.97 Å². The molecule has 0 aliphatic carbocycles. The van der Waals surface area contributed by atoms with Gasteiger partial charge in [-0.05, 0) is 19.1 Å². The topological polar surface area (TPSA) is 135 Å². The first-order valence-electron chi connectivity index (χ1n) is 7.28. The van der Waals surface area contributed by atoms with Crippen LogP contribution in [0.5, 0.6) is 5.75 Å². The second kappa shape index (κ2) is 6.48. The summed E-state index contributed by atoms with van der Waals surface area (Å²) in [6.07, 6.45) is 0.418. The van der Waals surface area contributed by atoms with Crippen LogP contribution in [0.25, 0.3) is 22.4 Å². The highest BCUT2D eigenvalue weighted by molar-refractivity contribution is 5.91. The number of phenolic OH excluding ortho intramolecular Hbond substituents is 1. The molecular weight excluding hydrogens is 330 g/mol. The molecule has 0 atom stereocenters. The number of carbonyl (C=O) groups is 1. The molecule has 0 aliphatic rings. The number of benzene rings is 1. The Kier molecular flexibility index (Phi) is 4.21. The van der Waals surface area contributed by atoms with Gasteiger partial charge in [-0.2, -0.15) is 4.98 Å². The number of carbonyl (C=O) groups excluding carboxylic acids is 1. The van der Waals surface area contributed by atoms with E-state index >= 15 is 0 Å². The molecule has 1 aromatic carbocycles. The van der Waals surface area contributed by atoms with Crippen molar-refractivity contribution in [2.75, 3.05) is 11.9 Å². The van der Waals surface area contributed by atoms with E-state index in [1.165, 1.54) is 24.3 Å². The van der Waals surface area contributed by atoms with E-state index in [2.05, 4.69) is 15.3 Å². The van der Waals surface area contributed by atoms with Gasteiger partial charge in [0, 0.05) is 17.7 Å². The van der Waals surface area contributed by atoms with Gasteiger partial charge in [0.15, 0.2) is 5.58 Å². The summed E-state index contributed by atoms with van der Waals surface area (Å²) < 4.78 is 10.4. The molecule has 0 unspecified atom stereocenters. The molecule has 3 aromatic rings. The average Bonchev–Trinajstić information content (AvgIpc) is 2.56. The third-order valence-electron chi connectivity index (χ3n) is 3.29. The number of H-pyrrole nitrogens is 1. The van der Waals surface area contributed by atoms with Crippen molar-refractivity contribution in [2.24, 2.45) is 0 Å². The Balaban J connectivity index is 2.14. The Morgan fingerprint density at radius 1 is 1.36 bits per heavy atom. The third-order valence-corrected chi connectivity index (χ3v) is 3.29. The molecule has 9 heteroatoms. The van der Waals surface area contributed by atoms with Crippen molar-refractivity contribution in [2.45, 2.75) is 6.92 Å². The van der Waals surface area contributed by atoms with Crippen molar-refractivity contribution < 1.29 is 19.1 Å². The fourth-order valence-corrected chi connectivity index (χ4v) is 2.24. The highest BCUT2D eigenvalue weighted by atomic mass is 16.5. The fourth-order valence-electron chi connectivity index (χ4n) is 2.24. The zero-order chi connectivity index (χ0) is 18.0. The third kappa shape index (κ3) is 3.34. The van der Waals surface area contributed by atoms with Gasteiger partial charge in [-0.25, -0.2) is 9.59 Å². The van der Waals surface area contributed by atoms with Gasteiger partial charge in [0.2, 0.25) is 5.43 Å². The molecule has 2 aromatic heterocycles.